The van der Waals surface area contributed by atoms with Gasteiger partial charge in [0.2, 0.25) is 0 Å². The van der Waals surface area contributed by atoms with Crippen LogP contribution in [0.15, 0.2) is 41.1 Å². The predicted molar refractivity (Wildman–Crippen MR) is 111 cm³/mol. The molecule has 0 aliphatic carbocycles. The van der Waals surface area contributed by atoms with Crippen LogP contribution in [0.4, 0.5) is 10.2 Å². The Morgan fingerprint density at radius 3 is 2.53 bits per heavy atom. The number of nitrogens with one attached hydrogen (secondary N) is 1. The number of primary amides is 1. The average Bonchev–Trinajstić information content (AvgIpc) is 3.15. The maximum absolute atomic E-state index is 14.6. The summed E-state index contributed by atoms with van der Waals surface area (Å²) < 4.78 is 19.3. The molecule has 0 aliphatic rings. The Morgan fingerprint density at radius 2 is 1.93 bits per heavy atom. The summed E-state index contributed by atoms with van der Waals surface area (Å²) in [5, 5.41) is 6.16. The molecule has 8 heteroatoms. The van der Waals surface area contributed by atoms with E-state index >= 15 is 0 Å². The first-order valence-electron chi connectivity index (χ1n) is 9.37. The smallest absolute Gasteiger partial charge is 0.257 e. The van der Waals surface area contributed by atoms with Gasteiger partial charge in [-0.3, -0.25) is 14.6 Å². The third-order valence-corrected chi connectivity index (χ3v) is 4.50. The highest BCUT2D eigenvalue weighted by Gasteiger charge is 2.21. The van der Waals surface area contributed by atoms with E-state index in [9.17, 15) is 14.0 Å². The van der Waals surface area contributed by atoms with Gasteiger partial charge < -0.3 is 15.6 Å². The number of carbonyl (C=O) groups is 2. The van der Waals surface area contributed by atoms with Gasteiger partial charge in [-0.1, -0.05) is 25.9 Å². The van der Waals surface area contributed by atoms with E-state index < -0.39 is 17.6 Å². The second-order valence-corrected chi connectivity index (χ2v) is 8.26. The third-order valence-electron chi connectivity index (χ3n) is 4.50. The summed E-state index contributed by atoms with van der Waals surface area (Å²) >= 11 is 0. The molecule has 0 saturated heterocycles. The maximum atomic E-state index is 14.6. The second-order valence-electron chi connectivity index (χ2n) is 8.26. The number of carbonyl (C=O) groups excluding carboxylic acids is 2. The third kappa shape index (κ3) is 4.71. The van der Waals surface area contributed by atoms with Gasteiger partial charge in [-0.05, 0) is 48.6 Å². The number of pyridine rings is 1. The lowest BCUT2D eigenvalue weighted by Gasteiger charge is -2.20. The number of nitrogens with zero attached hydrogens (tertiary/aromatic N) is 2. The van der Waals surface area contributed by atoms with Crippen molar-refractivity contribution in [1.82, 2.24) is 10.1 Å². The number of rotatable bonds is 5. The van der Waals surface area contributed by atoms with Gasteiger partial charge in [-0.25, -0.2) is 4.39 Å². The van der Waals surface area contributed by atoms with E-state index in [1.54, 1.807) is 25.1 Å². The number of anilines is 1. The van der Waals surface area contributed by atoms with Crippen LogP contribution in [0.5, 0.6) is 0 Å². The summed E-state index contributed by atoms with van der Waals surface area (Å²) in [5.74, 6) is -1.43. The van der Waals surface area contributed by atoms with E-state index in [0.717, 1.165) is 6.07 Å². The molecule has 0 fully saturated rings. The van der Waals surface area contributed by atoms with Gasteiger partial charge in [0.1, 0.15) is 12.1 Å². The zero-order valence-corrected chi connectivity index (χ0v) is 17.2. The Labute approximate surface area is 173 Å². The Kier molecular flexibility index (Phi) is 5.69. The molecule has 3 N–H and O–H groups in total. The molecule has 0 radical (unpaired) electrons. The van der Waals surface area contributed by atoms with Crippen molar-refractivity contribution in [2.24, 2.45) is 11.1 Å². The first-order chi connectivity index (χ1) is 14.0. The Balaban J connectivity index is 2.06. The lowest BCUT2D eigenvalue weighted by molar-refractivity contribution is 0.0996. The molecule has 0 bridgehead atoms. The van der Waals surface area contributed by atoms with E-state index in [0.29, 0.717) is 34.5 Å². The quantitative estimate of drug-likeness (QED) is 0.657. The topological polar surface area (TPSA) is 111 Å². The molecule has 0 saturated carbocycles. The number of benzene rings is 1. The van der Waals surface area contributed by atoms with Gasteiger partial charge in [0.15, 0.2) is 5.82 Å². The minimum Gasteiger partial charge on any atom is -0.366 e. The molecular weight excluding hydrogens is 387 g/mol. The van der Waals surface area contributed by atoms with Gasteiger partial charge >= 0.3 is 0 Å². The summed E-state index contributed by atoms with van der Waals surface area (Å²) in [4.78, 5) is 28.9. The van der Waals surface area contributed by atoms with Crippen molar-refractivity contribution in [1.29, 1.82) is 0 Å². The van der Waals surface area contributed by atoms with Crippen LogP contribution < -0.4 is 11.1 Å². The van der Waals surface area contributed by atoms with E-state index in [1.807, 2.05) is 20.8 Å². The number of halogens is 1. The molecule has 2 amide bonds. The van der Waals surface area contributed by atoms with Gasteiger partial charge in [-0.15, -0.1) is 0 Å². The standard InChI is InChI=1S/C22H23FN4O3/c1-12-15(9-13(10-16(12)23)21(29)26-19-7-8-30-27-19)17-6-5-14(20(24)28)18(25-17)11-22(2,3)4/h5-10H,11H2,1-4H3,(H2,24,28)(H,26,27,29). The predicted octanol–water partition coefficient (Wildman–Crippen LogP) is 4.12. The van der Waals surface area contributed by atoms with Gasteiger partial charge in [0.05, 0.1) is 17.0 Å². The number of nitrogens with two attached hydrogens (primary N) is 1. The summed E-state index contributed by atoms with van der Waals surface area (Å²) in [6.07, 6.45) is 1.82. The highest BCUT2D eigenvalue weighted by molar-refractivity contribution is 6.04. The molecule has 156 valence electrons. The monoisotopic (exact) mass is 410 g/mol. The fourth-order valence-electron chi connectivity index (χ4n) is 3.05. The van der Waals surface area contributed by atoms with Crippen LogP contribution in [0.3, 0.4) is 0 Å². The lowest BCUT2D eigenvalue weighted by Crippen LogP contribution is -2.19. The second kappa shape index (κ2) is 8.06. The normalized spacial score (nSPS) is 11.4. The minimum absolute atomic E-state index is 0.106. The molecule has 3 aromatic rings. The van der Waals surface area contributed by atoms with Crippen LogP contribution in [0, 0.1) is 18.2 Å². The number of hydrogen-bond donors (Lipinski definition) is 2. The molecule has 0 unspecified atom stereocenters. The molecule has 7 nitrogen and oxygen atoms in total. The van der Waals surface area contributed by atoms with Crippen LogP contribution in [0.2, 0.25) is 0 Å². The number of hydrogen-bond acceptors (Lipinski definition) is 5. The molecule has 1 aromatic carbocycles. The van der Waals surface area contributed by atoms with Crippen molar-refractivity contribution < 1.29 is 18.5 Å². The van der Waals surface area contributed by atoms with E-state index in [-0.39, 0.29) is 16.8 Å². The minimum atomic E-state index is -0.572. The molecule has 30 heavy (non-hydrogen) atoms. The molecule has 0 spiro atoms. The molecular formula is C22H23FN4O3. The van der Waals surface area contributed by atoms with Crippen LogP contribution in [-0.2, 0) is 6.42 Å². The average molecular weight is 410 g/mol. The zero-order valence-electron chi connectivity index (χ0n) is 17.2. The van der Waals surface area contributed by atoms with E-state index in [4.69, 9.17) is 5.73 Å². The highest BCUT2D eigenvalue weighted by atomic mass is 19.1. The van der Waals surface area contributed by atoms with E-state index in [2.05, 4.69) is 20.0 Å². The van der Waals surface area contributed by atoms with Crippen molar-refractivity contribution in [2.45, 2.75) is 34.1 Å². The zero-order chi connectivity index (χ0) is 22.1. The fraction of sp³-hybridized carbons (Fsp3) is 0.273. The van der Waals surface area contributed by atoms with Crippen molar-refractivity contribution >= 4 is 17.6 Å². The lowest BCUT2D eigenvalue weighted by atomic mass is 9.88. The summed E-state index contributed by atoms with van der Waals surface area (Å²) in [6.45, 7) is 7.67. The van der Waals surface area contributed by atoms with Crippen LogP contribution in [0.1, 0.15) is 52.7 Å². The first kappa shape index (κ1) is 21.2. The number of amides is 2. The Bertz CT molecular complexity index is 1100. The molecule has 2 aromatic heterocycles. The van der Waals surface area contributed by atoms with Crippen molar-refractivity contribution in [3.8, 4) is 11.3 Å². The molecule has 0 atom stereocenters. The SMILES string of the molecule is Cc1c(F)cc(C(=O)Nc2ccon2)cc1-c1ccc(C(N)=O)c(CC(C)(C)C)n1. The van der Waals surface area contributed by atoms with Gasteiger partial charge in [0, 0.05) is 17.2 Å². The van der Waals surface area contributed by atoms with Crippen molar-refractivity contribution in [2.75, 3.05) is 5.32 Å². The van der Waals surface area contributed by atoms with Crippen molar-refractivity contribution in [3.63, 3.8) is 0 Å². The van der Waals surface area contributed by atoms with Gasteiger partial charge in [-0.2, -0.15) is 0 Å². The molecule has 3 rings (SSSR count). The van der Waals surface area contributed by atoms with E-state index in [1.165, 1.54) is 12.3 Å². The Morgan fingerprint density at radius 1 is 1.20 bits per heavy atom. The molecule has 2 heterocycles. The van der Waals surface area contributed by atoms with Crippen LogP contribution >= 0.6 is 0 Å². The number of aromatic nitrogens is 2. The summed E-state index contributed by atoms with van der Waals surface area (Å²) in [7, 11) is 0. The Hall–Kier alpha value is -3.55. The largest absolute Gasteiger partial charge is 0.366 e. The summed E-state index contributed by atoms with van der Waals surface area (Å²) in [5.41, 5.74) is 7.56. The fourth-order valence-corrected chi connectivity index (χ4v) is 3.05. The molecule has 0 aliphatic heterocycles. The van der Waals surface area contributed by atoms with Crippen molar-refractivity contribution in [3.05, 3.63) is 64.8 Å². The van der Waals surface area contributed by atoms with Crippen LogP contribution in [0.25, 0.3) is 11.3 Å². The summed E-state index contributed by atoms with van der Waals surface area (Å²) in [6, 6.07) is 7.38. The maximum Gasteiger partial charge on any atom is 0.257 e. The highest BCUT2D eigenvalue weighted by Crippen LogP contribution is 2.29. The van der Waals surface area contributed by atoms with Gasteiger partial charge in [0.25, 0.3) is 11.8 Å². The van der Waals surface area contributed by atoms with Crippen LogP contribution in [-0.4, -0.2) is 22.0 Å². The first-order valence-corrected chi connectivity index (χ1v) is 9.37.